The average molecular weight is 224 g/mol. The average Bonchev–Trinajstić information content (AvgIpc) is 2.77. The predicted octanol–water partition coefficient (Wildman–Crippen LogP) is -0.641. The minimum Gasteiger partial charge on any atom is -0.473 e. The molecule has 1 fully saturated rings. The first-order valence-corrected chi connectivity index (χ1v) is 5.30. The Morgan fingerprint density at radius 2 is 2.56 bits per heavy atom. The lowest BCUT2D eigenvalue weighted by Crippen LogP contribution is -2.33. The summed E-state index contributed by atoms with van der Waals surface area (Å²) in [5.74, 6) is 0.465. The molecule has 1 aliphatic heterocycles. The van der Waals surface area contributed by atoms with E-state index in [1.54, 1.807) is 10.9 Å². The summed E-state index contributed by atoms with van der Waals surface area (Å²) < 4.78 is 7.46. The van der Waals surface area contributed by atoms with Crippen LogP contribution in [-0.2, 0) is 11.8 Å². The summed E-state index contributed by atoms with van der Waals surface area (Å²) in [5, 5.41) is 4.03. The lowest BCUT2D eigenvalue weighted by atomic mass is 10.3. The van der Waals surface area contributed by atoms with Gasteiger partial charge in [-0.25, -0.2) is 4.68 Å². The first-order chi connectivity index (χ1) is 7.65. The van der Waals surface area contributed by atoms with Gasteiger partial charge in [0.15, 0.2) is 0 Å². The molecule has 0 aliphatic carbocycles. The molecule has 0 radical (unpaired) electrons. The van der Waals surface area contributed by atoms with Crippen molar-refractivity contribution in [1.29, 1.82) is 0 Å². The van der Waals surface area contributed by atoms with Crippen molar-refractivity contribution in [3.63, 3.8) is 0 Å². The highest BCUT2D eigenvalue weighted by atomic mass is 16.5. The molecule has 88 valence electrons. The molecule has 1 saturated heterocycles. The molecule has 2 N–H and O–H groups in total. The fourth-order valence-electron chi connectivity index (χ4n) is 1.91. The Balaban J connectivity index is 1.85. The van der Waals surface area contributed by atoms with Gasteiger partial charge in [-0.3, -0.25) is 9.69 Å². The third kappa shape index (κ3) is 2.52. The van der Waals surface area contributed by atoms with Crippen molar-refractivity contribution >= 4 is 5.91 Å². The van der Waals surface area contributed by atoms with Crippen LogP contribution >= 0.6 is 0 Å². The number of carbonyl (C=O) groups is 1. The third-order valence-corrected chi connectivity index (χ3v) is 2.67. The van der Waals surface area contributed by atoms with Crippen molar-refractivity contribution < 1.29 is 9.53 Å². The number of nitrogens with two attached hydrogens (primary N) is 1. The van der Waals surface area contributed by atoms with Crippen LogP contribution in [0.15, 0.2) is 12.3 Å². The molecule has 1 aromatic heterocycles. The number of carbonyl (C=O) groups excluding carboxylic acids is 1. The van der Waals surface area contributed by atoms with Crippen LogP contribution in [0.1, 0.15) is 6.42 Å². The van der Waals surface area contributed by atoms with Crippen LogP contribution in [0.3, 0.4) is 0 Å². The highest BCUT2D eigenvalue weighted by molar-refractivity contribution is 5.75. The summed E-state index contributed by atoms with van der Waals surface area (Å²) in [5.41, 5.74) is 5.14. The zero-order valence-corrected chi connectivity index (χ0v) is 9.30. The standard InChI is InChI=1S/C10H16N4O2/c1-13-10(2-4-12-13)16-8-3-5-14(6-8)7-9(11)15/h2,4,8H,3,5-7H2,1H3,(H2,11,15). The van der Waals surface area contributed by atoms with E-state index < -0.39 is 0 Å². The highest BCUT2D eigenvalue weighted by Gasteiger charge is 2.25. The first-order valence-electron chi connectivity index (χ1n) is 5.30. The van der Waals surface area contributed by atoms with Gasteiger partial charge < -0.3 is 10.5 Å². The van der Waals surface area contributed by atoms with E-state index in [4.69, 9.17) is 10.5 Å². The van der Waals surface area contributed by atoms with E-state index in [0.29, 0.717) is 6.54 Å². The molecular formula is C10H16N4O2. The largest absolute Gasteiger partial charge is 0.473 e. The first kappa shape index (κ1) is 10.9. The SMILES string of the molecule is Cn1nccc1OC1CCN(CC(N)=O)C1. The van der Waals surface area contributed by atoms with Gasteiger partial charge in [-0.05, 0) is 6.42 Å². The number of rotatable bonds is 4. The van der Waals surface area contributed by atoms with Crippen LogP contribution in [0.2, 0.25) is 0 Å². The topological polar surface area (TPSA) is 73.4 Å². The Kier molecular flexibility index (Phi) is 3.09. The molecule has 6 heteroatoms. The zero-order valence-electron chi connectivity index (χ0n) is 9.30. The number of aryl methyl sites for hydroxylation is 1. The molecule has 16 heavy (non-hydrogen) atoms. The van der Waals surface area contributed by atoms with Crippen LogP contribution in [0.5, 0.6) is 5.88 Å². The Hall–Kier alpha value is -1.56. The summed E-state index contributed by atoms with van der Waals surface area (Å²) in [6.45, 7) is 1.91. The van der Waals surface area contributed by atoms with Crippen LogP contribution in [-0.4, -0.2) is 46.3 Å². The maximum atomic E-state index is 10.8. The predicted molar refractivity (Wildman–Crippen MR) is 57.9 cm³/mol. The van der Waals surface area contributed by atoms with Crippen molar-refractivity contribution in [2.45, 2.75) is 12.5 Å². The fourth-order valence-corrected chi connectivity index (χ4v) is 1.91. The van der Waals surface area contributed by atoms with E-state index in [1.807, 2.05) is 18.0 Å². The minimum absolute atomic E-state index is 0.120. The van der Waals surface area contributed by atoms with Gasteiger partial charge >= 0.3 is 0 Å². The third-order valence-electron chi connectivity index (χ3n) is 2.67. The molecule has 1 atom stereocenters. The monoisotopic (exact) mass is 224 g/mol. The Morgan fingerprint density at radius 1 is 1.75 bits per heavy atom. The van der Waals surface area contributed by atoms with E-state index >= 15 is 0 Å². The molecule has 0 spiro atoms. The number of primary amides is 1. The van der Waals surface area contributed by atoms with E-state index in [9.17, 15) is 4.79 Å². The number of nitrogens with zero attached hydrogens (tertiary/aromatic N) is 3. The summed E-state index contributed by atoms with van der Waals surface area (Å²) in [4.78, 5) is 12.8. The lowest BCUT2D eigenvalue weighted by molar-refractivity contribution is -0.118. The number of amides is 1. The number of hydrogen-bond acceptors (Lipinski definition) is 4. The van der Waals surface area contributed by atoms with E-state index in [1.165, 1.54) is 0 Å². The second kappa shape index (κ2) is 4.52. The van der Waals surface area contributed by atoms with Crippen molar-refractivity contribution in [2.24, 2.45) is 12.8 Å². The van der Waals surface area contributed by atoms with Crippen molar-refractivity contribution in [1.82, 2.24) is 14.7 Å². The maximum Gasteiger partial charge on any atom is 0.231 e. The Morgan fingerprint density at radius 3 is 3.19 bits per heavy atom. The summed E-state index contributed by atoms with van der Waals surface area (Å²) >= 11 is 0. The smallest absolute Gasteiger partial charge is 0.231 e. The summed E-state index contributed by atoms with van der Waals surface area (Å²) in [6.07, 6.45) is 2.74. The highest BCUT2D eigenvalue weighted by Crippen LogP contribution is 2.16. The molecule has 1 aliphatic rings. The molecule has 2 heterocycles. The second-order valence-electron chi connectivity index (χ2n) is 4.02. The molecular weight excluding hydrogens is 208 g/mol. The van der Waals surface area contributed by atoms with Gasteiger partial charge in [0.1, 0.15) is 6.10 Å². The number of likely N-dealkylation sites (tertiary alicyclic amines) is 1. The van der Waals surface area contributed by atoms with Gasteiger partial charge in [0.25, 0.3) is 0 Å². The van der Waals surface area contributed by atoms with Gasteiger partial charge in [0.2, 0.25) is 11.8 Å². The van der Waals surface area contributed by atoms with Crippen molar-refractivity contribution in [3.8, 4) is 5.88 Å². The quantitative estimate of drug-likeness (QED) is 0.738. The summed E-state index contributed by atoms with van der Waals surface area (Å²) in [7, 11) is 1.84. The van der Waals surface area contributed by atoms with Crippen molar-refractivity contribution in [3.05, 3.63) is 12.3 Å². The van der Waals surface area contributed by atoms with Gasteiger partial charge in [-0.1, -0.05) is 0 Å². The molecule has 6 nitrogen and oxygen atoms in total. The van der Waals surface area contributed by atoms with E-state index in [-0.39, 0.29) is 12.0 Å². The van der Waals surface area contributed by atoms with Crippen LogP contribution in [0.4, 0.5) is 0 Å². The maximum absolute atomic E-state index is 10.8. The van der Waals surface area contributed by atoms with Crippen LogP contribution in [0.25, 0.3) is 0 Å². The molecule has 0 aromatic carbocycles. The van der Waals surface area contributed by atoms with Crippen molar-refractivity contribution in [2.75, 3.05) is 19.6 Å². The van der Waals surface area contributed by atoms with E-state index in [0.717, 1.165) is 25.4 Å². The Labute approximate surface area is 94.0 Å². The van der Waals surface area contributed by atoms with Gasteiger partial charge in [-0.2, -0.15) is 5.10 Å². The van der Waals surface area contributed by atoms with Crippen LogP contribution in [0, 0.1) is 0 Å². The molecule has 1 amide bonds. The lowest BCUT2D eigenvalue weighted by Gasteiger charge is -2.15. The van der Waals surface area contributed by atoms with E-state index in [2.05, 4.69) is 5.10 Å². The molecule has 1 unspecified atom stereocenters. The summed E-state index contributed by atoms with van der Waals surface area (Å²) in [6, 6.07) is 1.83. The van der Waals surface area contributed by atoms with Crippen LogP contribution < -0.4 is 10.5 Å². The molecule has 0 saturated carbocycles. The van der Waals surface area contributed by atoms with Gasteiger partial charge in [0, 0.05) is 26.2 Å². The van der Waals surface area contributed by atoms with Gasteiger partial charge in [-0.15, -0.1) is 0 Å². The number of ether oxygens (including phenoxy) is 1. The normalized spacial score (nSPS) is 21.2. The molecule has 0 bridgehead atoms. The van der Waals surface area contributed by atoms with Gasteiger partial charge in [0.05, 0.1) is 12.7 Å². The Bertz CT molecular complexity index is 377. The number of hydrogen-bond donors (Lipinski definition) is 1. The number of aromatic nitrogens is 2. The second-order valence-corrected chi connectivity index (χ2v) is 4.02. The molecule has 1 aromatic rings. The fraction of sp³-hybridized carbons (Fsp3) is 0.600. The molecule has 2 rings (SSSR count). The zero-order chi connectivity index (χ0) is 11.5. The minimum atomic E-state index is -0.291.